The van der Waals surface area contributed by atoms with Gasteiger partial charge in [0.2, 0.25) is 0 Å². The monoisotopic (exact) mass is 229 g/mol. The van der Waals surface area contributed by atoms with E-state index in [-0.39, 0.29) is 6.04 Å². The molecule has 0 fully saturated rings. The average Bonchev–Trinajstić information content (AvgIpc) is 2.77. The van der Waals surface area contributed by atoms with Crippen molar-refractivity contribution >= 4 is 0 Å². The molecule has 0 saturated carbocycles. The fourth-order valence-corrected chi connectivity index (χ4v) is 2.07. The molecule has 1 unspecified atom stereocenters. The molecule has 2 N–H and O–H groups in total. The van der Waals surface area contributed by atoms with Gasteiger partial charge in [-0.2, -0.15) is 0 Å². The Bertz CT molecular complexity index is 486. The second-order valence-corrected chi connectivity index (χ2v) is 4.32. The van der Waals surface area contributed by atoms with Crippen molar-refractivity contribution in [1.82, 2.24) is 9.55 Å². The molecule has 3 heteroatoms. The third-order valence-electron chi connectivity index (χ3n) is 2.87. The van der Waals surface area contributed by atoms with Gasteiger partial charge < -0.3 is 10.3 Å². The Morgan fingerprint density at radius 2 is 2.12 bits per heavy atom. The van der Waals surface area contributed by atoms with Crippen molar-refractivity contribution in [2.75, 3.05) is 0 Å². The second kappa shape index (κ2) is 5.15. The van der Waals surface area contributed by atoms with E-state index in [4.69, 9.17) is 5.73 Å². The van der Waals surface area contributed by atoms with E-state index in [1.807, 2.05) is 31.5 Å². The SMILES string of the molecule is CCCn1ccnc1-c1ccccc1C(C)N. The highest BCUT2D eigenvalue weighted by Gasteiger charge is 2.12. The fraction of sp³-hybridized carbons (Fsp3) is 0.357. The molecule has 0 bridgehead atoms. The summed E-state index contributed by atoms with van der Waals surface area (Å²) in [4.78, 5) is 4.46. The zero-order chi connectivity index (χ0) is 12.3. The number of nitrogens with zero attached hydrogens (tertiary/aromatic N) is 2. The Kier molecular flexibility index (Phi) is 3.59. The molecular formula is C14H19N3. The Labute approximate surface area is 102 Å². The summed E-state index contributed by atoms with van der Waals surface area (Å²) in [7, 11) is 0. The molecule has 0 aliphatic rings. The van der Waals surface area contributed by atoms with Crippen LogP contribution in [0.25, 0.3) is 11.4 Å². The Hall–Kier alpha value is -1.61. The van der Waals surface area contributed by atoms with Crippen LogP contribution < -0.4 is 5.73 Å². The van der Waals surface area contributed by atoms with Gasteiger partial charge in [0.15, 0.2) is 0 Å². The number of rotatable bonds is 4. The first kappa shape index (κ1) is 11.9. The number of hydrogen-bond acceptors (Lipinski definition) is 2. The van der Waals surface area contributed by atoms with Crippen molar-refractivity contribution in [3.63, 3.8) is 0 Å². The summed E-state index contributed by atoms with van der Waals surface area (Å²) in [5.74, 6) is 1.01. The third-order valence-corrected chi connectivity index (χ3v) is 2.87. The number of aromatic nitrogens is 2. The minimum Gasteiger partial charge on any atom is -0.331 e. The molecule has 0 spiro atoms. The number of imidazole rings is 1. The van der Waals surface area contributed by atoms with Crippen LogP contribution in [0.2, 0.25) is 0 Å². The highest BCUT2D eigenvalue weighted by Crippen LogP contribution is 2.25. The van der Waals surface area contributed by atoms with Gasteiger partial charge in [0.1, 0.15) is 5.82 Å². The summed E-state index contributed by atoms with van der Waals surface area (Å²) < 4.78 is 2.18. The van der Waals surface area contributed by atoms with Crippen LogP contribution >= 0.6 is 0 Å². The summed E-state index contributed by atoms with van der Waals surface area (Å²) in [6, 6.07) is 8.25. The molecule has 0 aliphatic carbocycles. The Morgan fingerprint density at radius 3 is 2.82 bits per heavy atom. The van der Waals surface area contributed by atoms with Gasteiger partial charge in [-0.05, 0) is 18.9 Å². The van der Waals surface area contributed by atoms with Gasteiger partial charge in [-0.3, -0.25) is 0 Å². The molecule has 1 aromatic carbocycles. The number of aryl methyl sites for hydroxylation is 1. The predicted octanol–water partition coefficient (Wildman–Crippen LogP) is 2.98. The van der Waals surface area contributed by atoms with Crippen LogP contribution in [0.15, 0.2) is 36.7 Å². The molecule has 90 valence electrons. The lowest BCUT2D eigenvalue weighted by atomic mass is 10.0. The summed E-state index contributed by atoms with van der Waals surface area (Å²) in [5, 5.41) is 0. The van der Waals surface area contributed by atoms with E-state index >= 15 is 0 Å². The minimum absolute atomic E-state index is 0.0259. The number of nitrogens with two attached hydrogens (primary N) is 1. The number of benzene rings is 1. The first-order valence-corrected chi connectivity index (χ1v) is 6.10. The molecule has 17 heavy (non-hydrogen) atoms. The van der Waals surface area contributed by atoms with Crippen molar-refractivity contribution in [3.8, 4) is 11.4 Å². The topological polar surface area (TPSA) is 43.8 Å². The summed E-state index contributed by atoms with van der Waals surface area (Å²) in [6.07, 6.45) is 4.98. The molecule has 1 aromatic heterocycles. The van der Waals surface area contributed by atoms with Gasteiger partial charge >= 0.3 is 0 Å². The molecule has 0 saturated heterocycles. The zero-order valence-electron chi connectivity index (χ0n) is 10.4. The summed E-state index contributed by atoms with van der Waals surface area (Å²) >= 11 is 0. The van der Waals surface area contributed by atoms with Crippen molar-refractivity contribution in [2.45, 2.75) is 32.9 Å². The third kappa shape index (κ3) is 2.39. The van der Waals surface area contributed by atoms with Crippen molar-refractivity contribution in [1.29, 1.82) is 0 Å². The van der Waals surface area contributed by atoms with Crippen LogP contribution in [0.3, 0.4) is 0 Å². The van der Waals surface area contributed by atoms with Gasteiger partial charge in [0.05, 0.1) is 0 Å². The van der Waals surface area contributed by atoms with Crippen LogP contribution in [-0.2, 0) is 6.54 Å². The van der Waals surface area contributed by atoms with Crippen LogP contribution in [0.1, 0.15) is 31.9 Å². The van der Waals surface area contributed by atoms with E-state index in [0.29, 0.717) is 0 Å². The quantitative estimate of drug-likeness (QED) is 0.876. The number of hydrogen-bond donors (Lipinski definition) is 1. The predicted molar refractivity (Wildman–Crippen MR) is 70.6 cm³/mol. The van der Waals surface area contributed by atoms with Gasteiger partial charge in [-0.1, -0.05) is 31.2 Å². The lowest BCUT2D eigenvalue weighted by Crippen LogP contribution is -2.08. The summed E-state index contributed by atoms with van der Waals surface area (Å²) in [5.41, 5.74) is 8.30. The van der Waals surface area contributed by atoms with E-state index in [2.05, 4.69) is 28.6 Å². The average molecular weight is 229 g/mol. The Morgan fingerprint density at radius 1 is 1.35 bits per heavy atom. The van der Waals surface area contributed by atoms with Crippen LogP contribution in [0.5, 0.6) is 0 Å². The molecule has 1 heterocycles. The van der Waals surface area contributed by atoms with E-state index < -0.39 is 0 Å². The second-order valence-electron chi connectivity index (χ2n) is 4.32. The van der Waals surface area contributed by atoms with Gasteiger partial charge in [-0.25, -0.2) is 4.98 Å². The lowest BCUT2D eigenvalue weighted by Gasteiger charge is -2.13. The van der Waals surface area contributed by atoms with Crippen LogP contribution in [0, 0.1) is 0 Å². The maximum Gasteiger partial charge on any atom is 0.140 e. The molecule has 0 radical (unpaired) electrons. The van der Waals surface area contributed by atoms with Crippen molar-refractivity contribution in [2.24, 2.45) is 5.73 Å². The van der Waals surface area contributed by atoms with Gasteiger partial charge in [0, 0.05) is 30.5 Å². The Balaban J connectivity index is 2.48. The van der Waals surface area contributed by atoms with Crippen molar-refractivity contribution < 1.29 is 0 Å². The lowest BCUT2D eigenvalue weighted by molar-refractivity contribution is 0.683. The molecular weight excluding hydrogens is 210 g/mol. The van der Waals surface area contributed by atoms with E-state index in [9.17, 15) is 0 Å². The van der Waals surface area contributed by atoms with Gasteiger partial charge in [-0.15, -0.1) is 0 Å². The molecule has 1 atom stereocenters. The largest absolute Gasteiger partial charge is 0.331 e. The highest BCUT2D eigenvalue weighted by atomic mass is 15.1. The van der Waals surface area contributed by atoms with E-state index in [1.54, 1.807) is 0 Å². The molecule has 3 nitrogen and oxygen atoms in total. The highest BCUT2D eigenvalue weighted by molar-refractivity contribution is 5.61. The van der Waals surface area contributed by atoms with Gasteiger partial charge in [0.25, 0.3) is 0 Å². The smallest absolute Gasteiger partial charge is 0.140 e. The fourth-order valence-electron chi connectivity index (χ4n) is 2.07. The summed E-state index contributed by atoms with van der Waals surface area (Å²) in [6.45, 7) is 5.16. The first-order valence-electron chi connectivity index (χ1n) is 6.10. The van der Waals surface area contributed by atoms with Crippen LogP contribution in [-0.4, -0.2) is 9.55 Å². The minimum atomic E-state index is 0.0259. The van der Waals surface area contributed by atoms with Crippen molar-refractivity contribution in [3.05, 3.63) is 42.2 Å². The molecule has 2 rings (SSSR count). The first-order chi connectivity index (χ1) is 8.24. The van der Waals surface area contributed by atoms with E-state index in [1.165, 1.54) is 0 Å². The molecule has 2 aromatic rings. The van der Waals surface area contributed by atoms with E-state index in [0.717, 1.165) is 29.9 Å². The molecule has 0 aliphatic heterocycles. The zero-order valence-corrected chi connectivity index (χ0v) is 10.4. The normalized spacial score (nSPS) is 12.6. The maximum atomic E-state index is 6.01. The standard InChI is InChI=1S/C14H19N3/c1-3-9-17-10-8-16-14(17)13-7-5-4-6-12(13)11(2)15/h4-8,10-11H,3,9,15H2,1-2H3. The van der Waals surface area contributed by atoms with Crippen LogP contribution in [0.4, 0.5) is 0 Å². The maximum absolute atomic E-state index is 6.01. The molecule has 0 amide bonds.